The minimum absolute atomic E-state index is 0.153. The second kappa shape index (κ2) is 7.96. The average Bonchev–Trinajstić information content (AvgIpc) is 2.30. The largest absolute Gasteiger partial charge is 0.352 e. The van der Waals surface area contributed by atoms with Crippen molar-refractivity contribution in [2.45, 2.75) is 50.3 Å². The summed E-state index contributed by atoms with van der Waals surface area (Å²) in [6.45, 7) is 3.53. The van der Waals surface area contributed by atoms with Crippen LogP contribution in [0.2, 0.25) is 0 Å². The Morgan fingerprint density at radius 3 is 2.69 bits per heavy atom. The molecule has 0 radical (unpaired) electrons. The fourth-order valence-corrected chi connectivity index (χ4v) is 2.28. The molecule has 0 aliphatic heterocycles. The van der Waals surface area contributed by atoms with Gasteiger partial charge in [-0.05, 0) is 19.1 Å². The molecule has 1 atom stereocenters. The van der Waals surface area contributed by atoms with E-state index in [1.165, 1.54) is 19.3 Å². The van der Waals surface area contributed by atoms with Crippen molar-refractivity contribution in [2.24, 2.45) is 0 Å². The highest BCUT2D eigenvalue weighted by Crippen LogP contribution is 2.17. The van der Waals surface area contributed by atoms with E-state index in [-0.39, 0.29) is 5.91 Å². The quantitative estimate of drug-likeness (QED) is 0.748. The molecule has 1 fully saturated rings. The number of hydrogen-bond acceptors (Lipinski definition) is 3. The van der Waals surface area contributed by atoms with Crippen molar-refractivity contribution in [3.8, 4) is 0 Å². The van der Waals surface area contributed by atoms with Crippen molar-refractivity contribution < 1.29 is 4.79 Å². The number of hydrogen-bond donors (Lipinski definition) is 2. The summed E-state index contributed by atoms with van der Waals surface area (Å²) in [6, 6.07) is 0.432. The predicted molar refractivity (Wildman–Crippen MR) is 70.9 cm³/mol. The van der Waals surface area contributed by atoms with Gasteiger partial charge in [-0.2, -0.15) is 11.8 Å². The predicted octanol–water partition coefficient (Wildman–Crippen LogP) is 1.78. The third-order valence-corrected chi connectivity index (χ3v) is 4.06. The lowest BCUT2D eigenvalue weighted by Gasteiger charge is -2.22. The van der Waals surface area contributed by atoms with Crippen LogP contribution >= 0.6 is 11.8 Å². The Morgan fingerprint density at radius 2 is 2.06 bits per heavy atom. The number of carbonyl (C=O) groups excluding carboxylic acids is 1. The molecule has 1 unspecified atom stereocenters. The SMILES string of the molecule is CSC(C)CNCC(=O)NC1CCCCC1. The van der Waals surface area contributed by atoms with Crippen molar-refractivity contribution in [2.75, 3.05) is 19.3 Å². The lowest BCUT2D eigenvalue weighted by atomic mass is 9.95. The molecule has 0 saturated heterocycles. The zero-order valence-corrected chi connectivity index (χ0v) is 11.2. The van der Waals surface area contributed by atoms with Gasteiger partial charge in [-0.1, -0.05) is 26.2 Å². The molecule has 1 amide bonds. The minimum atomic E-state index is 0.153. The maximum Gasteiger partial charge on any atom is 0.234 e. The minimum Gasteiger partial charge on any atom is -0.352 e. The first-order valence-electron chi connectivity index (χ1n) is 6.25. The number of amides is 1. The summed E-state index contributed by atoms with van der Waals surface area (Å²) in [5, 5.41) is 6.87. The van der Waals surface area contributed by atoms with Crippen molar-refractivity contribution in [3.63, 3.8) is 0 Å². The molecular formula is C12H24N2OS. The highest BCUT2D eigenvalue weighted by molar-refractivity contribution is 7.99. The van der Waals surface area contributed by atoms with Crippen molar-refractivity contribution in [1.82, 2.24) is 10.6 Å². The highest BCUT2D eigenvalue weighted by atomic mass is 32.2. The molecule has 1 rings (SSSR count). The van der Waals surface area contributed by atoms with Gasteiger partial charge in [0, 0.05) is 17.8 Å². The first-order chi connectivity index (χ1) is 7.72. The molecule has 3 nitrogen and oxygen atoms in total. The normalized spacial score (nSPS) is 19.4. The van der Waals surface area contributed by atoms with Gasteiger partial charge >= 0.3 is 0 Å². The molecule has 0 aromatic rings. The smallest absolute Gasteiger partial charge is 0.234 e. The van der Waals surface area contributed by atoms with E-state index in [0.717, 1.165) is 19.4 Å². The number of nitrogens with one attached hydrogen (secondary N) is 2. The van der Waals surface area contributed by atoms with Gasteiger partial charge in [-0.15, -0.1) is 0 Å². The highest BCUT2D eigenvalue weighted by Gasteiger charge is 2.15. The summed E-state index contributed by atoms with van der Waals surface area (Å²) < 4.78 is 0. The maximum atomic E-state index is 11.6. The van der Waals surface area contributed by atoms with Crippen LogP contribution in [0.4, 0.5) is 0 Å². The summed E-state index contributed by atoms with van der Waals surface area (Å²) in [7, 11) is 0. The van der Waals surface area contributed by atoms with Gasteiger partial charge in [-0.3, -0.25) is 4.79 Å². The van der Waals surface area contributed by atoms with Crippen LogP contribution in [0.15, 0.2) is 0 Å². The van der Waals surface area contributed by atoms with Gasteiger partial charge in [-0.25, -0.2) is 0 Å². The maximum absolute atomic E-state index is 11.6. The van der Waals surface area contributed by atoms with Crippen LogP contribution in [0.5, 0.6) is 0 Å². The van der Waals surface area contributed by atoms with E-state index in [4.69, 9.17) is 0 Å². The van der Waals surface area contributed by atoms with Crippen LogP contribution in [-0.2, 0) is 4.79 Å². The lowest BCUT2D eigenvalue weighted by Crippen LogP contribution is -2.42. The summed E-state index contributed by atoms with van der Waals surface area (Å²) in [5.41, 5.74) is 0. The molecule has 94 valence electrons. The Morgan fingerprint density at radius 1 is 1.38 bits per heavy atom. The molecule has 0 bridgehead atoms. The fourth-order valence-electron chi connectivity index (χ4n) is 2.00. The third-order valence-electron chi connectivity index (χ3n) is 3.09. The Labute approximate surface area is 103 Å². The zero-order valence-electron chi connectivity index (χ0n) is 10.4. The molecule has 16 heavy (non-hydrogen) atoms. The van der Waals surface area contributed by atoms with E-state index < -0.39 is 0 Å². The molecule has 0 spiro atoms. The van der Waals surface area contributed by atoms with Gasteiger partial charge < -0.3 is 10.6 Å². The van der Waals surface area contributed by atoms with Gasteiger partial charge in [0.05, 0.1) is 6.54 Å². The van der Waals surface area contributed by atoms with Crippen LogP contribution in [0, 0.1) is 0 Å². The molecule has 0 heterocycles. The number of rotatable bonds is 6. The average molecular weight is 244 g/mol. The summed E-state index contributed by atoms with van der Waals surface area (Å²) in [6.07, 6.45) is 8.27. The molecular weight excluding hydrogens is 220 g/mol. The van der Waals surface area contributed by atoms with Crippen LogP contribution in [0.25, 0.3) is 0 Å². The Balaban J connectivity index is 2.05. The summed E-state index contributed by atoms with van der Waals surface area (Å²) in [5.74, 6) is 0.153. The van der Waals surface area contributed by atoms with Crippen LogP contribution in [0.1, 0.15) is 39.0 Å². The van der Waals surface area contributed by atoms with Gasteiger partial charge in [0.1, 0.15) is 0 Å². The summed E-state index contributed by atoms with van der Waals surface area (Å²) in [4.78, 5) is 11.6. The van der Waals surface area contributed by atoms with E-state index in [9.17, 15) is 4.79 Å². The van der Waals surface area contributed by atoms with Gasteiger partial charge in [0.25, 0.3) is 0 Å². The Bertz CT molecular complexity index is 205. The fraction of sp³-hybridized carbons (Fsp3) is 0.917. The second-order valence-corrected chi connectivity index (χ2v) is 5.86. The first kappa shape index (κ1) is 13.8. The molecule has 0 aromatic carbocycles. The van der Waals surface area contributed by atoms with E-state index in [1.54, 1.807) is 0 Å². The van der Waals surface area contributed by atoms with Crippen molar-refractivity contribution >= 4 is 17.7 Å². The zero-order chi connectivity index (χ0) is 11.8. The van der Waals surface area contributed by atoms with E-state index in [1.807, 2.05) is 11.8 Å². The lowest BCUT2D eigenvalue weighted by molar-refractivity contribution is -0.121. The molecule has 2 N–H and O–H groups in total. The van der Waals surface area contributed by atoms with E-state index in [2.05, 4.69) is 23.8 Å². The van der Waals surface area contributed by atoms with E-state index >= 15 is 0 Å². The van der Waals surface area contributed by atoms with Gasteiger partial charge in [0.15, 0.2) is 0 Å². The monoisotopic (exact) mass is 244 g/mol. The molecule has 1 aliphatic rings. The first-order valence-corrected chi connectivity index (χ1v) is 7.54. The molecule has 0 aromatic heterocycles. The van der Waals surface area contributed by atoms with E-state index in [0.29, 0.717) is 17.8 Å². The molecule has 1 aliphatic carbocycles. The van der Waals surface area contributed by atoms with Crippen molar-refractivity contribution in [1.29, 1.82) is 0 Å². The van der Waals surface area contributed by atoms with Gasteiger partial charge in [0.2, 0.25) is 5.91 Å². The third kappa shape index (κ3) is 5.75. The summed E-state index contributed by atoms with van der Waals surface area (Å²) >= 11 is 1.82. The van der Waals surface area contributed by atoms with Crippen molar-refractivity contribution in [3.05, 3.63) is 0 Å². The Kier molecular flexibility index (Phi) is 6.88. The topological polar surface area (TPSA) is 41.1 Å². The van der Waals surface area contributed by atoms with Crippen LogP contribution < -0.4 is 10.6 Å². The van der Waals surface area contributed by atoms with Crippen LogP contribution in [0.3, 0.4) is 0 Å². The number of carbonyl (C=O) groups is 1. The second-order valence-electron chi connectivity index (χ2n) is 4.58. The van der Waals surface area contributed by atoms with Crippen LogP contribution in [-0.4, -0.2) is 36.5 Å². The standard InChI is InChI=1S/C12H24N2OS/c1-10(16-2)8-13-9-12(15)14-11-6-4-3-5-7-11/h10-11,13H,3-9H2,1-2H3,(H,14,15). The Hall–Kier alpha value is -0.220. The number of thioether (sulfide) groups is 1. The molecule has 4 heteroatoms. The molecule has 1 saturated carbocycles.